The Bertz CT molecular complexity index is 1400. The van der Waals surface area contributed by atoms with E-state index in [0.29, 0.717) is 49.4 Å². The Balaban J connectivity index is 1.28. The summed E-state index contributed by atoms with van der Waals surface area (Å²) in [5, 5.41) is 9.21. The number of benzene rings is 1. The number of methoxy groups -OCH3 is 1. The second-order valence-corrected chi connectivity index (χ2v) is 11.7. The van der Waals surface area contributed by atoms with Crippen molar-refractivity contribution in [3.05, 3.63) is 42.6 Å². The number of carbonyl (C=O) groups is 1. The van der Waals surface area contributed by atoms with Gasteiger partial charge in [-0.25, -0.2) is 8.42 Å². The zero-order chi connectivity index (χ0) is 26.7. The van der Waals surface area contributed by atoms with E-state index in [1.807, 2.05) is 29.1 Å². The highest BCUT2D eigenvalue weighted by Gasteiger charge is 2.25. The molecule has 38 heavy (non-hydrogen) atoms. The predicted molar refractivity (Wildman–Crippen MR) is 145 cm³/mol. The number of nitrogens with one attached hydrogen (secondary N) is 1. The maximum absolute atomic E-state index is 12.8. The van der Waals surface area contributed by atoms with E-state index in [0.717, 1.165) is 37.1 Å². The standard InChI is InChI=1S/C26H34N6O5S/c1-3-24(33)31-13-11-30(12-14-31)23-9-10-32(27-23)17-20-15-21(36-2)25-22(16-20)37-28-26(25)29-38(34,35)18-19-7-5-4-6-8-19/h3,9-10,15-16,19H,1,4-8,11-14,17-18H2,2H3,(H,28,29). The van der Waals surface area contributed by atoms with Gasteiger partial charge in [0.15, 0.2) is 17.2 Å². The van der Waals surface area contributed by atoms with Gasteiger partial charge >= 0.3 is 0 Å². The lowest BCUT2D eigenvalue weighted by molar-refractivity contribution is -0.126. The Morgan fingerprint density at radius 1 is 1.21 bits per heavy atom. The monoisotopic (exact) mass is 542 g/mol. The van der Waals surface area contributed by atoms with Crippen LogP contribution in [0.25, 0.3) is 11.0 Å². The number of anilines is 2. The van der Waals surface area contributed by atoms with Crippen molar-refractivity contribution in [3.63, 3.8) is 0 Å². The third-order valence-electron chi connectivity index (χ3n) is 7.31. The van der Waals surface area contributed by atoms with Crippen molar-refractivity contribution in [2.24, 2.45) is 5.92 Å². The van der Waals surface area contributed by atoms with Crippen molar-refractivity contribution in [2.45, 2.75) is 38.6 Å². The Morgan fingerprint density at radius 3 is 2.68 bits per heavy atom. The number of aromatic nitrogens is 3. The van der Waals surface area contributed by atoms with Crippen LogP contribution in [0.5, 0.6) is 5.75 Å². The normalized spacial score (nSPS) is 17.1. The molecule has 11 nitrogen and oxygen atoms in total. The molecule has 1 N–H and O–H groups in total. The van der Waals surface area contributed by atoms with E-state index in [-0.39, 0.29) is 23.4 Å². The molecule has 1 saturated carbocycles. The summed E-state index contributed by atoms with van der Waals surface area (Å²) in [5.41, 5.74) is 1.31. The maximum atomic E-state index is 12.8. The van der Waals surface area contributed by atoms with Crippen LogP contribution in [-0.2, 0) is 21.4 Å². The van der Waals surface area contributed by atoms with E-state index in [1.54, 1.807) is 4.90 Å². The number of ether oxygens (including phenoxy) is 1. The molecular weight excluding hydrogens is 508 g/mol. The molecule has 2 aliphatic rings. The summed E-state index contributed by atoms with van der Waals surface area (Å²) < 4.78 is 41.2. The number of piperazine rings is 1. The maximum Gasteiger partial charge on any atom is 0.246 e. The lowest BCUT2D eigenvalue weighted by atomic mass is 9.91. The highest BCUT2D eigenvalue weighted by molar-refractivity contribution is 7.92. The highest BCUT2D eigenvalue weighted by atomic mass is 32.2. The molecule has 1 aliphatic carbocycles. The van der Waals surface area contributed by atoms with Gasteiger partial charge in [-0.3, -0.25) is 14.2 Å². The van der Waals surface area contributed by atoms with Gasteiger partial charge in [-0.2, -0.15) is 5.10 Å². The smallest absolute Gasteiger partial charge is 0.246 e. The molecule has 3 heterocycles. The minimum atomic E-state index is -3.57. The van der Waals surface area contributed by atoms with E-state index < -0.39 is 10.0 Å². The van der Waals surface area contributed by atoms with Crippen molar-refractivity contribution in [1.29, 1.82) is 0 Å². The lowest BCUT2D eigenvalue weighted by Gasteiger charge is -2.34. The van der Waals surface area contributed by atoms with Crippen LogP contribution in [0.3, 0.4) is 0 Å². The average molecular weight is 543 g/mol. The van der Waals surface area contributed by atoms with Crippen LogP contribution in [0, 0.1) is 5.92 Å². The first kappa shape index (κ1) is 26.1. The molecule has 1 saturated heterocycles. The Kier molecular flexibility index (Phi) is 7.59. The number of carbonyl (C=O) groups excluding carboxylic acids is 1. The van der Waals surface area contributed by atoms with Crippen molar-refractivity contribution in [1.82, 2.24) is 19.8 Å². The van der Waals surface area contributed by atoms with E-state index in [4.69, 9.17) is 14.4 Å². The summed E-state index contributed by atoms with van der Waals surface area (Å²) in [4.78, 5) is 15.8. The van der Waals surface area contributed by atoms with Crippen LogP contribution in [0.2, 0.25) is 0 Å². The van der Waals surface area contributed by atoms with E-state index in [2.05, 4.69) is 21.4 Å². The van der Waals surface area contributed by atoms with Crippen molar-refractivity contribution in [3.8, 4) is 5.75 Å². The van der Waals surface area contributed by atoms with Gasteiger partial charge in [0.25, 0.3) is 0 Å². The first-order valence-corrected chi connectivity index (χ1v) is 14.7. The number of nitrogens with zero attached hydrogens (tertiary/aromatic N) is 5. The van der Waals surface area contributed by atoms with Gasteiger partial charge in [0.05, 0.1) is 19.4 Å². The molecule has 204 valence electrons. The van der Waals surface area contributed by atoms with Gasteiger partial charge < -0.3 is 19.1 Å². The van der Waals surface area contributed by atoms with Crippen LogP contribution in [-0.4, -0.2) is 73.2 Å². The summed E-state index contributed by atoms with van der Waals surface area (Å²) in [5.74, 6) is 1.68. The second-order valence-electron chi connectivity index (χ2n) is 9.98. The molecule has 2 fully saturated rings. The van der Waals surface area contributed by atoms with Gasteiger partial charge in [-0.15, -0.1) is 0 Å². The van der Waals surface area contributed by atoms with Gasteiger partial charge in [0.1, 0.15) is 11.1 Å². The molecule has 1 aliphatic heterocycles. The summed E-state index contributed by atoms with van der Waals surface area (Å²) in [6.45, 7) is 6.68. The molecule has 0 bridgehead atoms. The zero-order valence-electron chi connectivity index (χ0n) is 21.6. The van der Waals surface area contributed by atoms with Crippen LogP contribution in [0.1, 0.15) is 37.7 Å². The van der Waals surface area contributed by atoms with Gasteiger partial charge in [-0.1, -0.05) is 31.0 Å². The molecule has 1 amide bonds. The number of fused-ring (bicyclic) bond motifs is 1. The Labute approximate surface area is 222 Å². The minimum Gasteiger partial charge on any atom is -0.496 e. The molecule has 0 radical (unpaired) electrons. The summed E-state index contributed by atoms with van der Waals surface area (Å²) >= 11 is 0. The molecule has 5 rings (SSSR count). The second kappa shape index (κ2) is 11.1. The molecule has 3 aromatic rings. The number of amides is 1. The first-order valence-electron chi connectivity index (χ1n) is 13.0. The third-order valence-corrected chi connectivity index (χ3v) is 8.73. The van der Waals surface area contributed by atoms with Crippen LogP contribution < -0.4 is 14.4 Å². The number of hydrogen-bond donors (Lipinski definition) is 1. The van der Waals surface area contributed by atoms with Crippen molar-refractivity contribution in [2.75, 3.05) is 48.7 Å². The molecule has 0 spiro atoms. The molecule has 0 unspecified atom stereocenters. The fourth-order valence-electron chi connectivity index (χ4n) is 5.34. The Hall–Kier alpha value is -3.54. The Morgan fingerprint density at radius 2 is 1.97 bits per heavy atom. The fraction of sp³-hybridized carbons (Fsp3) is 0.500. The molecule has 2 aromatic heterocycles. The third kappa shape index (κ3) is 5.79. The fourth-order valence-corrected chi connectivity index (χ4v) is 6.82. The summed E-state index contributed by atoms with van der Waals surface area (Å²) in [6.07, 6.45) is 8.45. The lowest BCUT2D eigenvalue weighted by Crippen LogP contribution is -2.48. The number of sulfonamides is 1. The van der Waals surface area contributed by atoms with Gasteiger partial charge in [-0.05, 0) is 42.5 Å². The minimum absolute atomic E-state index is 0.0490. The first-order chi connectivity index (χ1) is 18.3. The van der Waals surface area contributed by atoms with Crippen molar-refractivity contribution >= 4 is 38.5 Å². The number of hydrogen-bond acceptors (Lipinski definition) is 8. The molecular formula is C26H34N6O5S. The van der Waals surface area contributed by atoms with Gasteiger partial charge in [0.2, 0.25) is 15.9 Å². The number of rotatable bonds is 9. The van der Waals surface area contributed by atoms with E-state index in [9.17, 15) is 13.2 Å². The topological polar surface area (TPSA) is 123 Å². The predicted octanol–water partition coefficient (Wildman–Crippen LogP) is 3.24. The molecule has 12 heteroatoms. The molecule has 0 atom stereocenters. The SMILES string of the molecule is C=CC(=O)N1CCN(c2ccn(Cc3cc(OC)c4c(NS(=O)(=O)CC5CCCCC5)noc4c3)n2)CC1. The largest absolute Gasteiger partial charge is 0.496 e. The average Bonchev–Trinajstić information content (AvgIpc) is 3.55. The zero-order valence-corrected chi connectivity index (χ0v) is 22.5. The highest BCUT2D eigenvalue weighted by Crippen LogP contribution is 2.35. The van der Waals surface area contributed by atoms with Crippen LogP contribution >= 0.6 is 0 Å². The van der Waals surface area contributed by atoms with Crippen LogP contribution in [0.15, 0.2) is 41.6 Å². The van der Waals surface area contributed by atoms with E-state index in [1.165, 1.54) is 19.6 Å². The summed E-state index contributed by atoms with van der Waals surface area (Å²) in [6, 6.07) is 5.62. The molecule has 1 aromatic carbocycles. The van der Waals surface area contributed by atoms with Gasteiger partial charge in [0, 0.05) is 38.4 Å². The quantitative estimate of drug-likeness (QED) is 0.409. The van der Waals surface area contributed by atoms with Crippen molar-refractivity contribution < 1.29 is 22.5 Å². The van der Waals surface area contributed by atoms with Crippen LogP contribution in [0.4, 0.5) is 11.6 Å². The summed E-state index contributed by atoms with van der Waals surface area (Å²) in [7, 11) is -2.03. The van der Waals surface area contributed by atoms with E-state index >= 15 is 0 Å².